The number of para-hydroxylation sites is 1. The molecular weight excluding hydrogens is 416 g/mol. The Balaban J connectivity index is 1.56. The van der Waals surface area contributed by atoms with Gasteiger partial charge in [-0.1, -0.05) is 31.5 Å². The zero-order valence-electron chi connectivity index (χ0n) is 19.9. The van der Waals surface area contributed by atoms with Crippen LogP contribution in [0.2, 0.25) is 0 Å². The Labute approximate surface area is 195 Å². The monoisotopic (exact) mass is 448 g/mol. The highest BCUT2D eigenvalue weighted by Gasteiger charge is 2.37. The summed E-state index contributed by atoms with van der Waals surface area (Å²) in [6.45, 7) is 9.81. The van der Waals surface area contributed by atoms with E-state index in [2.05, 4.69) is 6.92 Å². The van der Waals surface area contributed by atoms with Crippen LogP contribution < -0.4 is 14.4 Å². The maximum atomic E-state index is 12.8. The molecule has 0 spiro atoms. The Bertz CT molecular complexity index is 1140. The first-order valence-electron chi connectivity index (χ1n) is 11.6. The van der Waals surface area contributed by atoms with Crippen molar-refractivity contribution in [3.8, 4) is 11.5 Å². The fraction of sp³-hybridized carbons (Fsp3) is 0.407. The molecule has 6 nitrogen and oxygen atoms in total. The van der Waals surface area contributed by atoms with E-state index in [-0.39, 0.29) is 5.91 Å². The molecule has 1 aliphatic heterocycles. The van der Waals surface area contributed by atoms with E-state index in [4.69, 9.17) is 19.2 Å². The molecule has 0 unspecified atom stereocenters. The molecule has 1 aromatic heterocycles. The number of carbonyl (C=O) groups excluding carboxylic acids is 1. The number of hydrogen-bond acceptors (Lipinski definition) is 5. The molecular formula is C27H32N2O4. The van der Waals surface area contributed by atoms with Crippen LogP contribution in [0.1, 0.15) is 44.9 Å². The van der Waals surface area contributed by atoms with Gasteiger partial charge in [0.2, 0.25) is 0 Å². The van der Waals surface area contributed by atoms with Crippen LogP contribution in [0.5, 0.6) is 11.5 Å². The van der Waals surface area contributed by atoms with Gasteiger partial charge >= 0.3 is 0 Å². The molecule has 0 aliphatic carbocycles. The molecule has 0 atom stereocenters. The average molecular weight is 449 g/mol. The van der Waals surface area contributed by atoms with Crippen LogP contribution in [0.3, 0.4) is 0 Å². The number of unbranched alkanes of at least 4 members (excludes halogenated alkanes) is 1. The number of rotatable bonds is 8. The van der Waals surface area contributed by atoms with Crippen molar-refractivity contribution in [2.75, 3.05) is 24.7 Å². The van der Waals surface area contributed by atoms with Crippen molar-refractivity contribution < 1.29 is 19.0 Å². The summed E-state index contributed by atoms with van der Waals surface area (Å²) in [5.74, 6) is 1.52. The lowest BCUT2D eigenvalue weighted by molar-refractivity contribution is -0.144. The average Bonchev–Trinajstić information content (AvgIpc) is 2.81. The predicted octanol–water partition coefficient (Wildman–Crippen LogP) is 5.44. The van der Waals surface area contributed by atoms with Crippen molar-refractivity contribution in [1.82, 2.24) is 4.98 Å². The van der Waals surface area contributed by atoms with E-state index in [0.717, 1.165) is 46.4 Å². The number of morpholine rings is 1. The third-order valence-electron chi connectivity index (χ3n) is 5.96. The Hall–Kier alpha value is -3.12. The van der Waals surface area contributed by atoms with Crippen LogP contribution in [0.4, 0.5) is 5.69 Å². The van der Waals surface area contributed by atoms with Gasteiger partial charge in [0.1, 0.15) is 23.7 Å². The number of pyridine rings is 1. The summed E-state index contributed by atoms with van der Waals surface area (Å²) in [6.07, 6.45) is 2.09. The molecule has 0 N–H and O–H groups in total. The van der Waals surface area contributed by atoms with E-state index in [1.165, 1.54) is 0 Å². The standard InChI is InChI=1S/C27H32N2O4/c1-5-6-15-31-25-19(2)24(28-23-13-8-7-12-22(23)25)18-32-21-11-9-10-20(17-21)29-14-16-33-27(3,4)26(29)30/h7-13,17H,5-6,14-16,18H2,1-4H3. The zero-order chi connectivity index (χ0) is 23.4. The van der Waals surface area contributed by atoms with Gasteiger partial charge < -0.3 is 19.1 Å². The Morgan fingerprint density at radius 3 is 2.76 bits per heavy atom. The molecule has 2 heterocycles. The van der Waals surface area contributed by atoms with Crippen molar-refractivity contribution in [2.45, 2.75) is 52.7 Å². The highest BCUT2D eigenvalue weighted by molar-refractivity contribution is 5.99. The molecule has 6 heteroatoms. The van der Waals surface area contributed by atoms with Crippen LogP contribution in [0, 0.1) is 6.92 Å². The molecule has 0 radical (unpaired) electrons. The summed E-state index contributed by atoms with van der Waals surface area (Å²) in [5, 5.41) is 1.02. The fourth-order valence-electron chi connectivity index (χ4n) is 3.99. The molecule has 1 aliphatic rings. The van der Waals surface area contributed by atoms with Gasteiger partial charge in [0.25, 0.3) is 5.91 Å². The van der Waals surface area contributed by atoms with Crippen LogP contribution in [0.25, 0.3) is 10.9 Å². The number of hydrogen-bond donors (Lipinski definition) is 0. The summed E-state index contributed by atoms with van der Waals surface area (Å²) in [6, 6.07) is 15.7. The largest absolute Gasteiger partial charge is 0.493 e. The van der Waals surface area contributed by atoms with Crippen LogP contribution in [-0.4, -0.2) is 36.3 Å². The molecule has 33 heavy (non-hydrogen) atoms. The van der Waals surface area contributed by atoms with Crippen molar-refractivity contribution in [1.29, 1.82) is 0 Å². The number of aromatic nitrogens is 1. The highest BCUT2D eigenvalue weighted by Crippen LogP contribution is 2.32. The molecule has 3 aromatic rings. The molecule has 174 valence electrons. The number of amides is 1. The summed E-state index contributed by atoms with van der Waals surface area (Å²) in [7, 11) is 0. The molecule has 1 saturated heterocycles. The smallest absolute Gasteiger partial charge is 0.258 e. The third-order valence-corrected chi connectivity index (χ3v) is 5.96. The number of nitrogens with zero attached hydrogens (tertiary/aromatic N) is 2. The first-order chi connectivity index (χ1) is 15.9. The predicted molar refractivity (Wildman–Crippen MR) is 130 cm³/mol. The maximum absolute atomic E-state index is 12.8. The molecule has 4 rings (SSSR count). The van der Waals surface area contributed by atoms with E-state index < -0.39 is 5.60 Å². The van der Waals surface area contributed by atoms with Crippen molar-refractivity contribution in [3.05, 3.63) is 59.8 Å². The van der Waals surface area contributed by atoms with Crippen LogP contribution >= 0.6 is 0 Å². The third kappa shape index (κ3) is 4.96. The first kappa shape index (κ1) is 23.1. The van der Waals surface area contributed by atoms with Gasteiger partial charge in [-0.2, -0.15) is 0 Å². The Morgan fingerprint density at radius 2 is 1.94 bits per heavy atom. The van der Waals surface area contributed by atoms with E-state index in [1.54, 1.807) is 18.7 Å². The second-order valence-corrected chi connectivity index (χ2v) is 8.83. The van der Waals surface area contributed by atoms with Gasteiger partial charge in [-0.05, 0) is 51.5 Å². The SMILES string of the molecule is CCCCOc1c(C)c(COc2cccc(N3CCOC(C)(C)C3=O)c2)nc2ccccc12. The quantitative estimate of drug-likeness (QED) is 0.429. The number of carbonyl (C=O) groups is 1. The van der Waals surface area contributed by atoms with E-state index >= 15 is 0 Å². The van der Waals surface area contributed by atoms with E-state index in [9.17, 15) is 4.79 Å². The summed E-state index contributed by atoms with van der Waals surface area (Å²) < 4.78 is 17.9. The second kappa shape index (κ2) is 9.79. The van der Waals surface area contributed by atoms with Crippen molar-refractivity contribution in [3.63, 3.8) is 0 Å². The van der Waals surface area contributed by atoms with Gasteiger partial charge in [-0.15, -0.1) is 0 Å². The van der Waals surface area contributed by atoms with Crippen LogP contribution in [-0.2, 0) is 16.1 Å². The van der Waals surface area contributed by atoms with Gasteiger partial charge in [-0.3, -0.25) is 4.79 Å². The molecule has 0 saturated carbocycles. The lowest BCUT2D eigenvalue weighted by Gasteiger charge is -2.37. The number of anilines is 1. The van der Waals surface area contributed by atoms with E-state index in [0.29, 0.717) is 32.1 Å². The summed E-state index contributed by atoms with van der Waals surface area (Å²) >= 11 is 0. The molecule has 1 fully saturated rings. The normalized spacial score (nSPS) is 15.6. The lowest BCUT2D eigenvalue weighted by Crippen LogP contribution is -2.53. The van der Waals surface area contributed by atoms with Gasteiger partial charge in [0, 0.05) is 29.2 Å². The molecule has 0 bridgehead atoms. The Kier molecular flexibility index (Phi) is 6.84. The highest BCUT2D eigenvalue weighted by atomic mass is 16.5. The van der Waals surface area contributed by atoms with Gasteiger partial charge in [-0.25, -0.2) is 4.98 Å². The maximum Gasteiger partial charge on any atom is 0.258 e. The minimum absolute atomic E-state index is 0.0492. The topological polar surface area (TPSA) is 60.9 Å². The summed E-state index contributed by atoms with van der Waals surface area (Å²) in [5.41, 5.74) is 2.71. The summed E-state index contributed by atoms with van der Waals surface area (Å²) in [4.78, 5) is 19.4. The van der Waals surface area contributed by atoms with Gasteiger partial charge in [0.15, 0.2) is 0 Å². The minimum atomic E-state index is -0.824. The van der Waals surface area contributed by atoms with E-state index in [1.807, 2.05) is 55.5 Å². The zero-order valence-corrected chi connectivity index (χ0v) is 19.9. The number of benzene rings is 2. The van der Waals surface area contributed by atoms with Crippen LogP contribution in [0.15, 0.2) is 48.5 Å². The second-order valence-electron chi connectivity index (χ2n) is 8.83. The minimum Gasteiger partial charge on any atom is -0.493 e. The number of fused-ring (bicyclic) bond motifs is 1. The first-order valence-corrected chi connectivity index (χ1v) is 11.6. The van der Waals surface area contributed by atoms with Gasteiger partial charge in [0.05, 0.1) is 24.4 Å². The molecule has 1 amide bonds. The number of ether oxygens (including phenoxy) is 3. The Morgan fingerprint density at radius 1 is 1.12 bits per heavy atom. The fourth-order valence-corrected chi connectivity index (χ4v) is 3.99. The van der Waals surface area contributed by atoms with Crippen molar-refractivity contribution >= 4 is 22.5 Å². The lowest BCUT2D eigenvalue weighted by atomic mass is 10.1. The van der Waals surface area contributed by atoms with Crippen molar-refractivity contribution in [2.24, 2.45) is 0 Å². The molecule has 2 aromatic carbocycles.